The highest BCUT2D eigenvalue weighted by Crippen LogP contribution is 2.08. The SMILES string of the molecule is CCC(C(=O)NC(CC(C)C)C(=O)O)N(CC)CC. The van der Waals surface area contributed by atoms with Crippen LogP contribution < -0.4 is 5.32 Å². The second kappa shape index (κ2) is 8.91. The highest BCUT2D eigenvalue weighted by molar-refractivity contribution is 5.86. The van der Waals surface area contributed by atoms with Crippen molar-refractivity contribution in [1.82, 2.24) is 10.2 Å². The van der Waals surface area contributed by atoms with Gasteiger partial charge in [0.25, 0.3) is 0 Å². The van der Waals surface area contributed by atoms with E-state index < -0.39 is 12.0 Å². The fourth-order valence-electron chi connectivity index (χ4n) is 2.23. The second-order valence-electron chi connectivity index (χ2n) is 5.17. The Labute approximate surface area is 116 Å². The molecule has 0 aromatic carbocycles. The van der Waals surface area contributed by atoms with Crippen molar-refractivity contribution < 1.29 is 14.7 Å². The zero-order chi connectivity index (χ0) is 15.0. The topological polar surface area (TPSA) is 69.6 Å². The van der Waals surface area contributed by atoms with Crippen LogP contribution in [0.25, 0.3) is 0 Å². The van der Waals surface area contributed by atoms with Crippen LogP contribution in [0.1, 0.15) is 47.5 Å². The van der Waals surface area contributed by atoms with Gasteiger partial charge in [-0.2, -0.15) is 0 Å². The molecule has 0 fully saturated rings. The Morgan fingerprint density at radius 2 is 1.68 bits per heavy atom. The van der Waals surface area contributed by atoms with Crippen molar-refractivity contribution in [2.45, 2.75) is 59.5 Å². The molecule has 0 aliphatic carbocycles. The van der Waals surface area contributed by atoms with Gasteiger partial charge in [-0.05, 0) is 31.8 Å². The van der Waals surface area contributed by atoms with Gasteiger partial charge < -0.3 is 10.4 Å². The first kappa shape index (κ1) is 17.9. The highest BCUT2D eigenvalue weighted by Gasteiger charge is 2.27. The molecule has 0 aromatic rings. The zero-order valence-electron chi connectivity index (χ0n) is 12.8. The first-order chi connectivity index (χ1) is 8.87. The number of carbonyl (C=O) groups excluding carboxylic acids is 1. The molecule has 1 amide bonds. The van der Waals surface area contributed by atoms with Crippen molar-refractivity contribution in [2.24, 2.45) is 5.92 Å². The molecule has 2 unspecified atom stereocenters. The van der Waals surface area contributed by atoms with Crippen molar-refractivity contribution >= 4 is 11.9 Å². The molecule has 0 bridgehead atoms. The van der Waals surface area contributed by atoms with Crippen LogP contribution in [0.15, 0.2) is 0 Å². The molecule has 5 heteroatoms. The van der Waals surface area contributed by atoms with Crippen LogP contribution in [0.3, 0.4) is 0 Å². The molecule has 19 heavy (non-hydrogen) atoms. The van der Waals surface area contributed by atoms with Crippen LogP contribution in [-0.4, -0.2) is 47.1 Å². The molecule has 5 nitrogen and oxygen atoms in total. The third kappa shape index (κ3) is 6.05. The van der Waals surface area contributed by atoms with Gasteiger partial charge in [-0.1, -0.05) is 34.6 Å². The minimum atomic E-state index is -0.962. The smallest absolute Gasteiger partial charge is 0.326 e. The predicted octanol–water partition coefficient (Wildman–Crippen LogP) is 1.72. The zero-order valence-corrected chi connectivity index (χ0v) is 12.8. The normalized spacial score (nSPS) is 14.5. The van der Waals surface area contributed by atoms with Gasteiger partial charge in [0, 0.05) is 0 Å². The number of hydrogen-bond acceptors (Lipinski definition) is 3. The van der Waals surface area contributed by atoms with Crippen LogP contribution in [0.2, 0.25) is 0 Å². The van der Waals surface area contributed by atoms with Gasteiger partial charge >= 0.3 is 5.97 Å². The summed E-state index contributed by atoms with van der Waals surface area (Å²) in [7, 11) is 0. The number of nitrogens with one attached hydrogen (secondary N) is 1. The van der Waals surface area contributed by atoms with E-state index in [1.54, 1.807) is 0 Å². The number of carboxylic acids is 1. The van der Waals surface area contributed by atoms with E-state index in [0.717, 1.165) is 13.1 Å². The van der Waals surface area contributed by atoms with Gasteiger partial charge in [-0.15, -0.1) is 0 Å². The molecule has 0 saturated heterocycles. The monoisotopic (exact) mass is 272 g/mol. The highest BCUT2D eigenvalue weighted by atomic mass is 16.4. The molecule has 0 saturated carbocycles. The van der Waals surface area contributed by atoms with Crippen LogP contribution >= 0.6 is 0 Å². The van der Waals surface area contributed by atoms with E-state index in [1.807, 2.05) is 39.5 Å². The first-order valence-corrected chi connectivity index (χ1v) is 7.14. The molecular weight excluding hydrogens is 244 g/mol. The second-order valence-corrected chi connectivity index (χ2v) is 5.17. The fraction of sp³-hybridized carbons (Fsp3) is 0.857. The number of hydrogen-bond donors (Lipinski definition) is 2. The van der Waals surface area contributed by atoms with E-state index in [9.17, 15) is 9.59 Å². The molecule has 2 atom stereocenters. The molecule has 0 aliphatic heterocycles. The van der Waals surface area contributed by atoms with E-state index in [1.165, 1.54) is 0 Å². The molecule has 0 aromatic heterocycles. The summed E-state index contributed by atoms with van der Waals surface area (Å²) in [4.78, 5) is 25.4. The Morgan fingerprint density at radius 1 is 1.16 bits per heavy atom. The lowest BCUT2D eigenvalue weighted by atomic mass is 10.0. The van der Waals surface area contributed by atoms with E-state index in [0.29, 0.717) is 12.8 Å². The lowest BCUT2D eigenvalue weighted by Gasteiger charge is -2.29. The van der Waals surface area contributed by atoms with E-state index in [-0.39, 0.29) is 17.9 Å². The summed E-state index contributed by atoms with van der Waals surface area (Å²) in [6.45, 7) is 11.4. The van der Waals surface area contributed by atoms with E-state index in [4.69, 9.17) is 5.11 Å². The number of likely N-dealkylation sites (N-methyl/N-ethyl adjacent to an activating group) is 1. The summed E-state index contributed by atoms with van der Waals surface area (Å²) in [5.41, 5.74) is 0. The summed E-state index contributed by atoms with van der Waals surface area (Å²) in [6.07, 6.45) is 1.14. The van der Waals surface area contributed by atoms with Crippen LogP contribution in [0.4, 0.5) is 0 Å². The molecule has 112 valence electrons. The molecule has 0 rings (SSSR count). The van der Waals surface area contributed by atoms with Gasteiger partial charge in [0.2, 0.25) is 5.91 Å². The molecule has 0 radical (unpaired) electrons. The number of rotatable bonds is 9. The summed E-state index contributed by atoms with van der Waals surface area (Å²) < 4.78 is 0. The lowest BCUT2D eigenvalue weighted by molar-refractivity contribution is -0.143. The summed E-state index contributed by atoms with van der Waals surface area (Å²) >= 11 is 0. The molecule has 2 N–H and O–H groups in total. The molecule has 0 heterocycles. The van der Waals surface area contributed by atoms with Gasteiger partial charge in [-0.3, -0.25) is 9.69 Å². The summed E-state index contributed by atoms with van der Waals surface area (Å²) in [5.74, 6) is -0.911. The maximum atomic E-state index is 12.2. The average Bonchev–Trinajstić information content (AvgIpc) is 2.33. The van der Waals surface area contributed by atoms with Crippen LogP contribution in [-0.2, 0) is 9.59 Å². The quantitative estimate of drug-likeness (QED) is 0.670. The van der Waals surface area contributed by atoms with Gasteiger partial charge in [0.05, 0.1) is 6.04 Å². The van der Waals surface area contributed by atoms with Crippen molar-refractivity contribution in [3.8, 4) is 0 Å². The predicted molar refractivity (Wildman–Crippen MR) is 76.0 cm³/mol. The Balaban J connectivity index is 4.72. The fourth-order valence-corrected chi connectivity index (χ4v) is 2.23. The van der Waals surface area contributed by atoms with Crippen molar-refractivity contribution in [1.29, 1.82) is 0 Å². The maximum absolute atomic E-state index is 12.2. The van der Waals surface area contributed by atoms with Crippen LogP contribution in [0, 0.1) is 5.92 Å². The summed E-state index contributed by atoms with van der Waals surface area (Å²) in [6, 6.07) is -1.04. The van der Waals surface area contributed by atoms with E-state index >= 15 is 0 Å². The molecule has 0 aliphatic rings. The van der Waals surface area contributed by atoms with Crippen molar-refractivity contribution in [3.63, 3.8) is 0 Å². The minimum absolute atomic E-state index is 0.181. The largest absolute Gasteiger partial charge is 0.480 e. The van der Waals surface area contributed by atoms with Crippen molar-refractivity contribution in [2.75, 3.05) is 13.1 Å². The number of amides is 1. The van der Waals surface area contributed by atoms with E-state index in [2.05, 4.69) is 5.32 Å². The number of carboxylic acid groups (broad SMARTS) is 1. The Hall–Kier alpha value is -1.10. The summed E-state index contributed by atoms with van der Waals surface area (Å²) in [5, 5.41) is 11.8. The number of nitrogens with zero attached hydrogens (tertiary/aromatic N) is 1. The number of aliphatic carboxylic acids is 1. The number of carbonyl (C=O) groups is 2. The lowest BCUT2D eigenvalue weighted by Crippen LogP contribution is -2.51. The maximum Gasteiger partial charge on any atom is 0.326 e. The van der Waals surface area contributed by atoms with Gasteiger partial charge in [0.1, 0.15) is 6.04 Å². The third-order valence-electron chi connectivity index (χ3n) is 3.26. The van der Waals surface area contributed by atoms with Gasteiger partial charge in [-0.25, -0.2) is 4.79 Å². The Morgan fingerprint density at radius 3 is 2.00 bits per heavy atom. The third-order valence-corrected chi connectivity index (χ3v) is 3.26. The Kier molecular flexibility index (Phi) is 8.39. The standard InChI is InChI=1S/C14H28N2O3/c1-6-12(16(7-2)8-3)13(17)15-11(14(18)19)9-10(4)5/h10-12H,6-9H2,1-5H3,(H,15,17)(H,18,19). The average molecular weight is 272 g/mol. The van der Waals surface area contributed by atoms with Crippen molar-refractivity contribution in [3.05, 3.63) is 0 Å². The Bertz CT molecular complexity index is 288. The molecular formula is C14H28N2O3. The van der Waals surface area contributed by atoms with Gasteiger partial charge in [0.15, 0.2) is 0 Å². The minimum Gasteiger partial charge on any atom is -0.480 e. The molecule has 0 spiro atoms. The first-order valence-electron chi connectivity index (χ1n) is 7.14. The van der Waals surface area contributed by atoms with Crippen LogP contribution in [0.5, 0.6) is 0 Å².